The molecule has 6 aromatic rings. The van der Waals surface area contributed by atoms with Gasteiger partial charge in [-0.15, -0.1) is 0 Å². The molecule has 5 heterocycles. The Kier molecular flexibility index (Phi) is 2.14. The summed E-state index contributed by atoms with van der Waals surface area (Å²) in [6.07, 6.45) is 7.17. The van der Waals surface area contributed by atoms with Crippen molar-refractivity contribution in [2.24, 2.45) is 0 Å². The van der Waals surface area contributed by atoms with Gasteiger partial charge < -0.3 is 4.40 Å². The number of aromatic nitrogens is 1. The highest BCUT2D eigenvalue weighted by atomic mass is 14.9. The minimum absolute atomic E-state index is 0.506. The Labute approximate surface area is 184 Å². The zero-order chi connectivity index (χ0) is 20.3. The fourth-order valence-corrected chi connectivity index (χ4v) is 7.99. The van der Waals surface area contributed by atoms with Crippen LogP contribution in [0.15, 0.2) is 85.0 Å². The summed E-state index contributed by atoms with van der Waals surface area (Å²) in [5, 5.41) is 5.70. The lowest BCUT2D eigenvalue weighted by molar-refractivity contribution is 0.889. The topological polar surface area (TPSA) is 4.41 Å². The van der Waals surface area contributed by atoms with Crippen LogP contribution >= 0.6 is 0 Å². The second-order valence-electron chi connectivity index (χ2n) is 10.0. The number of hydrogen-bond donors (Lipinski definition) is 0. The van der Waals surface area contributed by atoms with Gasteiger partial charge in [0.15, 0.2) is 0 Å². The largest absolute Gasteiger partial charge is 0.309 e. The summed E-state index contributed by atoms with van der Waals surface area (Å²) >= 11 is 0. The van der Waals surface area contributed by atoms with Crippen molar-refractivity contribution in [2.75, 3.05) is 0 Å². The van der Waals surface area contributed by atoms with Crippen LogP contribution in [0.3, 0.4) is 0 Å². The molecule has 2 aromatic heterocycles. The van der Waals surface area contributed by atoms with Crippen LogP contribution in [0.5, 0.6) is 0 Å². The molecule has 2 heteroatoms. The van der Waals surface area contributed by atoms with E-state index in [1.807, 2.05) is 0 Å². The molecule has 4 aliphatic rings. The van der Waals surface area contributed by atoms with Crippen molar-refractivity contribution in [3.05, 3.63) is 96.1 Å². The third-order valence-corrected chi connectivity index (χ3v) is 8.93. The lowest BCUT2D eigenvalue weighted by Gasteiger charge is -2.22. The second kappa shape index (κ2) is 4.54. The molecular weight excluding hydrogens is 385 g/mol. The predicted molar refractivity (Wildman–Crippen MR) is 135 cm³/mol. The quantitative estimate of drug-likeness (QED) is 0.304. The summed E-state index contributed by atoms with van der Waals surface area (Å²) in [6.45, 7) is 0.509. The molecule has 0 saturated heterocycles. The van der Waals surface area contributed by atoms with E-state index in [0.29, 0.717) is 18.4 Å². The van der Waals surface area contributed by atoms with E-state index in [1.54, 1.807) is 22.1 Å². The van der Waals surface area contributed by atoms with Gasteiger partial charge in [0.1, 0.15) is 0 Å². The Morgan fingerprint density at radius 3 is 2.53 bits per heavy atom. The van der Waals surface area contributed by atoms with Crippen LogP contribution in [0.4, 0.5) is 0 Å². The number of allylic oxidation sites excluding steroid dienone is 4. The minimum atomic E-state index is 0.506. The third kappa shape index (κ3) is 1.30. The van der Waals surface area contributed by atoms with Crippen LogP contribution in [-0.2, 0) is 0 Å². The molecule has 4 aromatic carbocycles. The van der Waals surface area contributed by atoms with Gasteiger partial charge in [-0.25, -0.2) is 0 Å². The van der Waals surface area contributed by atoms with E-state index in [-0.39, 0.29) is 0 Å². The van der Waals surface area contributed by atoms with E-state index < -0.39 is 0 Å². The molecule has 2 unspecified atom stereocenters. The first-order valence-electron chi connectivity index (χ1n) is 11.7. The highest BCUT2D eigenvalue weighted by molar-refractivity contribution is 6.95. The molecule has 0 fully saturated rings. The van der Waals surface area contributed by atoms with E-state index in [1.165, 1.54) is 54.8 Å². The monoisotopic (exact) mass is 401 g/mol. The molecular formula is C30H16BN. The molecule has 0 bridgehead atoms. The van der Waals surface area contributed by atoms with Crippen LogP contribution in [0.25, 0.3) is 54.8 Å². The van der Waals surface area contributed by atoms with Gasteiger partial charge in [0.25, 0.3) is 0 Å². The summed E-state index contributed by atoms with van der Waals surface area (Å²) in [5.74, 6) is 1.07. The zero-order valence-electron chi connectivity index (χ0n) is 17.3. The Bertz CT molecular complexity index is 1940. The van der Waals surface area contributed by atoms with Crippen LogP contribution in [-0.4, -0.2) is 11.1 Å². The first-order chi connectivity index (χ1) is 15.9. The van der Waals surface area contributed by atoms with Crippen molar-refractivity contribution >= 4 is 61.3 Å². The van der Waals surface area contributed by atoms with Gasteiger partial charge in [-0.05, 0) is 50.6 Å². The molecule has 0 saturated carbocycles. The summed E-state index contributed by atoms with van der Waals surface area (Å²) in [6, 6.07) is 25.3. The lowest BCUT2D eigenvalue weighted by Crippen LogP contribution is -2.43. The first-order valence-corrected chi connectivity index (χ1v) is 11.7. The number of hydrogen-bond acceptors (Lipinski definition) is 0. The highest BCUT2D eigenvalue weighted by Gasteiger charge is 2.55. The summed E-state index contributed by atoms with van der Waals surface area (Å²) in [4.78, 5) is 0. The van der Waals surface area contributed by atoms with Crippen molar-refractivity contribution in [1.29, 1.82) is 0 Å². The summed E-state index contributed by atoms with van der Waals surface area (Å²) < 4.78 is 2.66. The average Bonchev–Trinajstić information content (AvgIpc) is 3.56. The smallest absolute Gasteiger partial charge is 0.224 e. The van der Waals surface area contributed by atoms with Crippen molar-refractivity contribution in [2.45, 2.75) is 11.7 Å². The number of nitrogens with zero attached hydrogens (tertiary/aromatic N) is 1. The highest BCUT2D eigenvalue weighted by Crippen LogP contribution is 2.57. The maximum atomic E-state index is 2.66. The maximum Gasteiger partial charge on any atom is 0.224 e. The van der Waals surface area contributed by atoms with Gasteiger partial charge in [-0.2, -0.15) is 0 Å². The Balaban J connectivity index is 1.60. The van der Waals surface area contributed by atoms with Gasteiger partial charge in [0, 0.05) is 33.0 Å². The van der Waals surface area contributed by atoms with E-state index in [0.717, 1.165) is 0 Å². The molecule has 10 rings (SSSR count). The molecule has 2 atom stereocenters. The van der Waals surface area contributed by atoms with Crippen LogP contribution in [0.1, 0.15) is 17.0 Å². The Morgan fingerprint density at radius 1 is 0.719 bits per heavy atom. The van der Waals surface area contributed by atoms with E-state index in [2.05, 4.69) is 89.4 Å². The minimum Gasteiger partial charge on any atom is -0.309 e. The Hall–Kier alpha value is -3.78. The number of rotatable bonds is 1. The van der Waals surface area contributed by atoms with Crippen LogP contribution in [0, 0.1) is 0 Å². The third-order valence-electron chi connectivity index (χ3n) is 8.93. The molecule has 0 N–H and O–H groups in total. The number of fused-ring (bicyclic) bond motifs is 4. The molecule has 0 radical (unpaired) electrons. The first kappa shape index (κ1) is 15.1. The van der Waals surface area contributed by atoms with Crippen molar-refractivity contribution in [1.82, 2.24) is 4.40 Å². The van der Waals surface area contributed by atoms with Crippen molar-refractivity contribution < 1.29 is 0 Å². The standard InChI is InChI=1S/C30H16BN/c1-2-6-15(7-3-1)22-14-23-17-9-4-8-16-18-12-13-20-19-10-5-11-21-24(22)30-27(23)31(25(16)17)26(18)29(20)32(30)28(19)21/h1-14,16,25H. The average molecular weight is 401 g/mol. The van der Waals surface area contributed by atoms with E-state index in [4.69, 9.17) is 0 Å². The molecule has 1 aliphatic carbocycles. The Morgan fingerprint density at radius 2 is 1.59 bits per heavy atom. The molecule has 3 aliphatic heterocycles. The molecule has 144 valence electrons. The summed E-state index contributed by atoms with van der Waals surface area (Å²) in [5.41, 5.74) is 14.9. The molecule has 32 heavy (non-hydrogen) atoms. The lowest BCUT2D eigenvalue weighted by atomic mass is 9.37. The fourth-order valence-electron chi connectivity index (χ4n) is 7.99. The van der Waals surface area contributed by atoms with Crippen molar-refractivity contribution in [3.8, 4) is 11.1 Å². The number of benzene rings is 4. The van der Waals surface area contributed by atoms with Crippen molar-refractivity contribution in [3.63, 3.8) is 0 Å². The maximum absolute atomic E-state index is 2.66. The van der Waals surface area contributed by atoms with Gasteiger partial charge in [-0.1, -0.05) is 78.9 Å². The fraction of sp³-hybridized carbons (Fsp3) is 0.0667. The van der Waals surface area contributed by atoms with E-state index in [9.17, 15) is 0 Å². The van der Waals surface area contributed by atoms with Gasteiger partial charge >= 0.3 is 0 Å². The van der Waals surface area contributed by atoms with Crippen LogP contribution in [0.2, 0.25) is 5.82 Å². The number of para-hydroxylation sites is 1. The normalized spacial score (nSPS) is 21.1. The molecule has 1 nitrogen and oxygen atoms in total. The zero-order valence-corrected chi connectivity index (χ0v) is 17.3. The van der Waals surface area contributed by atoms with Gasteiger partial charge in [0.2, 0.25) is 6.71 Å². The molecule has 0 spiro atoms. The molecule has 0 amide bonds. The summed E-state index contributed by atoms with van der Waals surface area (Å²) in [7, 11) is 0. The van der Waals surface area contributed by atoms with Gasteiger partial charge in [0.05, 0.1) is 11.0 Å². The second-order valence-corrected chi connectivity index (χ2v) is 10.0. The van der Waals surface area contributed by atoms with Crippen LogP contribution < -0.4 is 10.9 Å². The van der Waals surface area contributed by atoms with Gasteiger partial charge in [-0.3, -0.25) is 0 Å². The predicted octanol–water partition coefficient (Wildman–Crippen LogP) is 5.86. The van der Waals surface area contributed by atoms with E-state index >= 15 is 0 Å². The SMILES string of the molecule is C1=CC2c3ccc4c5cccc6c7c(-c8ccccc8)cc8c9c7n(c4c3B9C2C8=C1)c56.